The van der Waals surface area contributed by atoms with Crippen molar-refractivity contribution in [1.29, 1.82) is 0 Å². The molecule has 0 saturated carbocycles. The van der Waals surface area contributed by atoms with Gasteiger partial charge in [0.05, 0.1) is 11.0 Å². The number of benzene rings is 10. The summed E-state index contributed by atoms with van der Waals surface area (Å²) in [5, 5.41) is 5.01. The topological polar surface area (TPSA) is 8.17 Å². The van der Waals surface area contributed by atoms with Crippen LogP contribution in [0.5, 0.6) is 0 Å². The fourth-order valence-corrected chi connectivity index (χ4v) is 8.86. The first-order valence-electron chi connectivity index (χ1n) is 20.6. The van der Waals surface area contributed by atoms with Crippen molar-refractivity contribution in [3.63, 3.8) is 0 Å². The minimum Gasteiger partial charge on any atom is -0.310 e. The first-order chi connectivity index (χ1) is 29.7. The van der Waals surface area contributed by atoms with Crippen molar-refractivity contribution in [2.45, 2.75) is 0 Å². The Bertz CT molecular complexity index is 3290. The van der Waals surface area contributed by atoms with E-state index in [-0.39, 0.29) is 0 Å². The van der Waals surface area contributed by atoms with E-state index in [4.69, 9.17) is 0 Å². The van der Waals surface area contributed by atoms with Crippen molar-refractivity contribution in [1.82, 2.24) is 4.57 Å². The maximum Gasteiger partial charge on any atom is 0.0547 e. The highest BCUT2D eigenvalue weighted by Gasteiger charge is 2.18. The fraction of sp³-hybridized carbons (Fsp3) is 0. The molecule has 1 heterocycles. The van der Waals surface area contributed by atoms with E-state index in [1.807, 2.05) is 0 Å². The summed E-state index contributed by atoms with van der Waals surface area (Å²) >= 11 is 0. The summed E-state index contributed by atoms with van der Waals surface area (Å²) in [5.41, 5.74) is 16.3. The normalized spacial score (nSPS) is 11.3. The monoisotopic (exact) mass is 764 g/mol. The van der Waals surface area contributed by atoms with E-state index in [0.29, 0.717) is 0 Å². The molecule has 2 heteroatoms. The molecule has 11 rings (SSSR count). The summed E-state index contributed by atoms with van der Waals surface area (Å²) < 4.78 is 2.43. The van der Waals surface area contributed by atoms with Gasteiger partial charge < -0.3 is 9.47 Å². The molecule has 1 aromatic heterocycles. The molecule has 11 aromatic rings. The van der Waals surface area contributed by atoms with Crippen LogP contribution in [0.4, 0.5) is 17.1 Å². The van der Waals surface area contributed by atoms with E-state index in [1.54, 1.807) is 0 Å². The molecule has 0 aliphatic heterocycles. The maximum absolute atomic E-state index is 2.43. The zero-order valence-electron chi connectivity index (χ0n) is 33.0. The number of fused-ring (bicyclic) bond motifs is 4. The van der Waals surface area contributed by atoms with Gasteiger partial charge >= 0.3 is 0 Å². The van der Waals surface area contributed by atoms with E-state index in [1.165, 1.54) is 71.5 Å². The Labute approximate surface area is 350 Å². The van der Waals surface area contributed by atoms with Crippen LogP contribution in [-0.2, 0) is 0 Å². The Balaban J connectivity index is 1.03. The third-order valence-corrected chi connectivity index (χ3v) is 11.7. The number of para-hydroxylation sites is 2. The van der Waals surface area contributed by atoms with Gasteiger partial charge in [0.15, 0.2) is 0 Å². The van der Waals surface area contributed by atoms with E-state index in [2.05, 4.69) is 252 Å². The van der Waals surface area contributed by atoms with Gasteiger partial charge in [-0.25, -0.2) is 0 Å². The lowest BCUT2D eigenvalue weighted by Gasteiger charge is -2.27. The van der Waals surface area contributed by atoms with E-state index >= 15 is 0 Å². The van der Waals surface area contributed by atoms with Crippen molar-refractivity contribution in [3.8, 4) is 50.2 Å². The Morgan fingerprint density at radius 3 is 1.57 bits per heavy atom. The Hall–Kier alpha value is -7.94. The van der Waals surface area contributed by atoms with Crippen LogP contribution in [0, 0.1) is 0 Å². The zero-order chi connectivity index (χ0) is 39.8. The molecule has 0 aliphatic rings. The minimum absolute atomic E-state index is 1.09. The molecule has 60 heavy (non-hydrogen) atoms. The third-order valence-electron chi connectivity index (χ3n) is 11.7. The van der Waals surface area contributed by atoms with Crippen molar-refractivity contribution in [2.75, 3.05) is 4.90 Å². The number of anilines is 3. The van der Waals surface area contributed by atoms with Gasteiger partial charge in [-0.05, 0) is 128 Å². The number of rotatable bonds is 8. The molecule has 0 unspecified atom stereocenters. The molecule has 0 radical (unpaired) electrons. The van der Waals surface area contributed by atoms with Crippen molar-refractivity contribution >= 4 is 49.6 Å². The second-order valence-corrected chi connectivity index (χ2v) is 15.4. The van der Waals surface area contributed by atoms with Gasteiger partial charge in [0.2, 0.25) is 0 Å². The Kier molecular flexibility index (Phi) is 8.87. The quantitative estimate of drug-likeness (QED) is 0.150. The molecule has 10 aromatic carbocycles. The highest BCUT2D eigenvalue weighted by molar-refractivity contribution is 6.13. The summed E-state index contributed by atoms with van der Waals surface area (Å²) in [6.07, 6.45) is 0. The largest absolute Gasteiger partial charge is 0.310 e. The van der Waals surface area contributed by atoms with Crippen LogP contribution in [0.15, 0.2) is 243 Å². The van der Waals surface area contributed by atoms with E-state index in [0.717, 1.165) is 28.3 Å². The van der Waals surface area contributed by atoms with Gasteiger partial charge in [0.25, 0.3) is 0 Å². The SMILES string of the molecule is c1ccc(-c2cccc(-c3ccc(N(c4ccccc4)c4ccc(-c5cccc(-n6c7ccccc7c7cc8ccccc8cc76)c5)c(-c5ccccc5)c4)cc3)c2)cc1. The average Bonchev–Trinajstić information content (AvgIpc) is 3.65. The maximum atomic E-state index is 2.43. The smallest absolute Gasteiger partial charge is 0.0547 e. The highest BCUT2D eigenvalue weighted by atomic mass is 15.1. The van der Waals surface area contributed by atoms with Gasteiger partial charge in [0.1, 0.15) is 0 Å². The summed E-state index contributed by atoms with van der Waals surface area (Å²) in [5.74, 6) is 0. The van der Waals surface area contributed by atoms with Crippen molar-refractivity contribution in [3.05, 3.63) is 243 Å². The van der Waals surface area contributed by atoms with Gasteiger partial charge in [0, 0.05) is 33.5 Å². The van der Waals surface area contributed by atoms with Crippen LogP contribution in [0.1, 0.15) is 0 Å². The summed E-state index contributed by atoms with van der Waals surface area (Å²) in [6.45, 7) is 0. The summed E-state index contributed by atoms with van der Waals surface area (Å²) in [7, 11) is 0. The van der Waals surface area contributed by atoms with Crippen molar-refractivity contribution in [2.24, 2.45) is 0 Å². The van der Waals surface area contributed by atoms with E-state index in [9.17, 15) is 0 Å². The molecular weight excluding hydrogens is 725 g/mol. The standard InChI is InChI=1S/C58H40N2/c1-4-16-41(17-5-1)44-22-14-23-45(36-44)42-30-32-50(33-31-42)59(49-25-8-3-9-26-49)52-34-35-53(55(40-52)43-18-6-2-7-19-43)48-24-15-27-51(37-48)60-57-29-13-12-28-54(57)56-38-46-20-10-11-21-47(46)39-58(56)60/h1-40H. The lowest BCUT2D eigenvalue weighted by atomic mass is 9.93. The zero-order valence-corrected chi connectivity index (χ0v) is 33.0. The number of hydrogen-bond acceptors (Lipinski definition) is 1. The second-order valence-electron chi connectivity index (χ2n) is 15.4. The lowest BCUT2D eigenvalue weighted by molar-refractivity contribution is 1.18. The van der Waals surface area contributed by atoms with Crippen LogP contribution in [0.25, 0.3) is 82.8 Å². The molecule has 0 fully saturated rings. The van der Waals surface area contributed by atoms with Gasteiger partial charge in [-0.15, -0.1) is 0 Å². The van der Waals surface area contributed by atoms with Crippen LogP contribution >= 0.6 is 0 Å². The lowest BCUT2D eigenvalue weighted by Crippen LogP contribution is -2.10. The minimum atomic E-state index is 1.09. The molecular formula is C58H40N2. The predicted molar refractivity (Wildman–Crippen MR) is 255 cm³/mol. The summed E-state index contributed by atoms with van der Waals surface area (Å²) in [4.78, 5) is 2.36. The summed E-state index contributed by atoms with van der Waals surface area (Å²) in [6, 6.07) is 87.9. The van der Waals surface area contributed by atoms with Crippen LogP contribution in [-0.4, -0.2) is 4.57 Å². The second kappa shape index (κ2) is 15.1. The molecule has 0 saturated heterocycles. The molecule has 0 N–H and O–H groups in total. The molecule has 282 valence electrons. The first-order valence-corrected chi connectivity index (χ1v) is 20.6. The number of aromatic nitrogens is 1. The average molecular weight is 765 g/mol. The molecule has 0 aliphatic carbocycles. The van der Waals surface area contributed by atoms with E-state index < -0.39 is 0 Å². The Morgan fingerprint density at radius 1 is 0.267 bits per heavy atom. The van der Waals surface area contributed by atoms with Crippen LogP contribution < -0.4 is 4.90 Å². The molecule has 0 bridgehead atoms. The Morgan fingerprint density at radius 2 is 0.817 bits per heavy atom. The molecule has 0 spiro atoms. The number of hydrogen-bond donors (Lipinski definition) is 0. The molecule has 0 amide bonds. The highest BCUT2D eigenvalue weighted by Crippen LogP contribution is 2.42. The van der Waals surface area contributed by atoms with Gasteiger partial charge in [-0.2, -0.15) is 0 Å². The molecule has 0 atom stereocenters. The third kappa shape index (κ3) is 6.41. The van der Waals surface area contributed by atoms with Crippen molar-refractivity contribution < 1.29 is 0 Å². The molecule has 2 nitrogen and oxygen atoms in total. The van der Waals surface area contributed by atoms with Gasteiger partial charge in [-0.3, -0.25) is 0 Å². The van der Waals surface area contributed by atoms with Crippen LogP contribution in [0.2, 0.25) is 0 Å². The fourth-order valence-electron chi connectivity index (χ4n) is 8.86. The van der Waals surface area contributed by atoms with Gasteiger partial charge in [-0.1, -0.05) is 170 Å². The van der Waals surface area contributed by atoms with Crippen LogP contribution in [0.3, 0.4) is 0 Å². The predicted octanol–water partition coefficient (Wildman–Crippen LogP) is 16.1. The first kappa shape index (κ1) is 35.2. The number of nitrogens with zero attached hydrogens (tertiary/aromatic N) is 2.